The van der Waals surface area contributed by atoms with Crippen LogP contribution in [0, 0.1) is 6.92 Å². The lowest BCUT2D eigenvalue weighted by molar-refractivity contribution is -0.274. The summed E-state index contributed by atoms with van der Waals surface area (Å²) in [7, 11) is 0. The van der Waals surface area contributed by atoms with Crippen LogP contribution in [-0.4, -0.2) is 40.5 Å². The third kappa shape index (κ3) is 4.79. The van der Waals surface area contributed by atoms with Gasteiger partial charge in [0.15, 0.2) is 0 Å². The SMILES string of the molecule is Cc1cc(OC(F)(F)F)ccc1NC(=O)c1cnc(N2CCCC2)c(-c2ccn[nH]2)c1. The lowest BCUT2D eigenvalue weighted by Crippen LogP contribution is -2.21. The second-order valence-corrected chi connectivity index (χ2v) is 7.24. The molecule has 0 spiro atoms. The number of halogens is 3. The van der Waals surface area contributed by atoms with Gasteiger partial charge >= 0.3 is 6.36 Å². The van der Waals surface area contributed by atoms with E-state index in [4.69, 9.17) is 0 Å². The Hall–Kier alpha value is -3.56. The molecule has 1 aliphatic heterocycles. The van der Waals surface area contributed by atoms with E-state index in [1.807, 2.05) is 6.07 Å². The maximum Gasteiger partial charge on any atom is 0.573 e. The van der Waals surface area contributed by atoms with E-state index in [9.17, 15) is 18.0 Å². The Labute approximate surface area is 176 Å². The lowest BCUT2D eigenvalue weighted by atomic mass is 10.1. The number of rotatable bonds is 5. The Morgan fingerprint density at radius 1 is 1.19 bits per heavy atom. The maximum atomic E-state index is 12.8. The molecular weight excluding hydrogens is 411 g/mol. The number of aromatic amines is 1. The topological polar surface area (TPSA) is 83.1 Å². The Morgan fingerprint density at radius 3 is 2.61 bits per heavy atom. The van der Waals surface area contributed by atoms with Crippen LogP contribution < -0.4 is 15.0 Å². The molecule has 162 valence electrons. The van der Waals surface area contributed by atoms with Crippen LogP contribution in [-0.2, 0) is 0 Å². The summed E-state index contributed by atoms with van der Waals surface area (Å²) < 4.78 is 41.1. The number of amides is 1. The number of alkyl halides is 3. The van der Waals surface area contributed by atoms with Crippen LogP contribution in [0.4, 0.5) is 24.7 Å². The van der Waals surface area contributed by atoms with Crippen molar-refractivity contribution >= 4 is 17.4 Å². The van der Waals surface area contributed by atoms with Gasteiger partial charge in [0.1, 0.15) is 11.6 Å². The number of H-pyrrole nitrogens is 1. The number of carbonyl (C=O) groups is 1. The molecule has 1 aliphatic rings. The summed E-state index contributed by atoms with van der Waals surface area (Å²) in [5.74, 6) is 0.0122. The van der Waals surface area contributed by atoms with Gasteiger partial charge in [-0.2, -0.15) is 5.10 Å². The summed E-state index contributed by atoms with van der Waals surface area (Å²) in [5, 5.41) is 9.63. The minimum absolute atomic E-state index is 0.322. The molecule has 3 aromatic rings. The van der Waals surface area contributed by atoms with Crippen LogP contribution in [0.2, 0.25) is 0 Å². The number of benzene rings is 1. The van der Waals surface area contributed by atoms with Crippen LogP contribution in [0.25, 0.3) is 11.3 Å². The highest BCUT2D eigenvalue weighted by atomic mass is 19.4. The Morgan fingerprint density at radius 2 is 1.97 bits per heavy atom. The van der Waals surface area contributed by atoms with E-state index < -0.39 is 12.3 Å². The summed E-state index contributed by atoms with van der Waals surface area (Å²) in [6.45, 7) is 3.38. The fraction of sp³-hybridized carbons (Fsp3) is 0.286. The van der Waals surface area contributed by atoms with Crippen molar-refractivity contribution in [3.05, 3.63) is 53.9 Å². The highest BCUT2D eigenvalue weighted by molar-refractivity contribution is 6.05. The predicted octanol–water partition coefficient (Wildman–Crippen LogP) is 4.53. The molecule has 1 aromatic carbocycles. The van der Waals surface area contributed by atoms with Gasteiger partial charge in [0, 0.05) is 36.7 Å². The normalized spacial score (nSPS) is 14.0. The Balaban J connectivity index is 1.58. The molecule has 7 nitrogen and oxygen atoms in total. The number of hydrogen-bond donors (Lipinski definition) is 2. The molecule has 0 saturated carbocycles. The molecule has 31 heavy (non-hydrogen) atoms. The van der Waals surface area contributed by atoms with E-state index >= 15 is 0 Å². The summed E-state index contributed by atoms with van der Waals surface area (Å²) >= 11 is 0. The van der Waals surface area contributed by atoms with E-state index in [2.05, 4.69) is 30.1 Å². The highest BCUT2D eigenvalue weighted by Crippen LogP contribution is 2.31. The fourth-order valence-corrected chi connectivity index (χ4v) is 3.53. The first-order valence-electron chi connectivity index (χ1n) is 9.73. The number of anilines is 2. The van der Waals surface area contributed by atoms with Gasteiger partial charge in [0.2, 0.25) is 0 Å². The van der Waals surface area contributed by atoms with Crippen LogP contribution in [0.5, 0.6) is 5.75 Å². The van der Waals surface area contributed by atoms with Crippen molar-refractivity contribution in [2.24, 2.45) is 0 Å². The van der Waals surface area contributed by atoms with Gasteiger partial charge in [-0.25, -0.2) is 4.98 Å². The van der Waals surface area contributed by atoms with Gasteiger partial charge in [-0.15, -0.1) is 13.2 Å². The number of hydrogen-bond acceptors (Lipinski definition) is 5. The van der Waals surface area contributed by atoms with Crippen molar-refractivity contribution in [3.63, 3.8) is 0 Å². The predicted molar refractivity (Wildman–Crippen MR) is 109 cm³/mol. The number of nitrogens with zero attached hydrogens (tertiary/aromatic N) is 3. The molecule has 0 unspecified atom stereocenters. The second-order valence-electron chi connectivity index (χ2n) is 7.24. The van der Waals surface area contributed by atoms with E-state index in [1.54, 1.807) is 19.2 Å². The van der Waals surface area contributed by atoms with Gasteiger partial charge in [-0.05, 0) is 55.7 Å². The van der Waals surface area contributed by atoms with Crippen molar-refractivity contribution in [2.75, 3.05) is 23.3 Å². The van der Waals surface area contributed by atoms with E-state index in [-0.39, 0.29) is 5.75 Å². The average Bonchev–Trinajstić information content (AvgIpc) is 3.42. The van der Waals surface area contributed by atoms with Crippen LogP contribution in [0.15, 0.2) is 42.7 Å². The monoisotopic (exact) mass is 431 g/mol. The summed E-state index contributed by atoms with van der Waals surface area (Å²) in [4.78, 5) is 19.5. The third-order valence-corrected chi connectivity index (χ3v) is 5.01. The second kappa shape index (κ2) is 8.29. The van der Waals surface area contributed by atoms with Gasteiger partial charge in [-0.1, -0.05) is 0 Å². The molecule has 1 saturated heterocycles. The molecule has 4 rings (SSSR count). The molecule has 2 N–H and O–H groups in total. The fourth-order valence-electron chi connectivity index (χ4n) is 3.53. The summed E-state index contributed by atoms with van der Waals surface area (Å²) in [6.07, 6.45) is 0.519. The summed E-state index contributed by atoms with van der Waals surface area (Å²) in [5.41, 5.74) is 2.64. The molecule has 3 heterocycles. The first kappa shape index (κ1) is 20.7. The van der Waals surface area contributed by atoms with E-state index in [0.717, 1.165) is 49.1 Å². The van der Waals surface area contributed by atoms with Crippen molar-refractivity contribution in [2.45, 2.75) is 26.1 Å². The molecule has 2 aromatic heterocycles. The molecule has 0 bridgehead atoms. The molecule has 1 amide bonds. The quantitative estimate of drug-likeness (QED) is 0.620. The van der Waals surface area contributed by atoms with Crippen molar-refractivity contribution in [3.8, 4) is 17.0 Å². The lowest BCUT2D eigenvalue weighted by Gasteiger charge is -2.20. The van der Waals surface area contributed by atoms with Gasteiger partial charge in [-0.3, -0.25) is 9.89 Å². The van der Waals surface area contributed by atoms with Crippen LogP contribution in [0.3, 0.4) is 0 Å². The molecule has 0 radical (unpaired) electrons. The number of aryl methyl sites for hydroxylation is 1. The zero-order valence-electron chi connectivity index (χ0n) is 16.7. The zero-order chi connectivity index (χ0) is 22.0. The van der Waals surface area contributed by atoms with Gasteiger partial charge < -0.3 is 15.0 Å². The minimum atomic E-state index is -4.77. The number of pyridine rings is 1. The van der Waals surface area contributed by atoms with Crippen molar-refractivity contribution < 1.29 is 22.7 Å². The van der Waals surface area contributed by atoms with Crippen molar-refractivity contribution in [1.29, 1.82) is 0 Å². The van der Waals surface area contributed by atoms with E-state index in [1.165, 1.54) is 18.3 Å². The highest BCUT2D eigenvalue weighted by Gasteiger charge is 2.31. The first-order chi connectivity index (χ1) is 14.8. The molecule has 0 atom stereocenters. The minimum Gasteiger partial charge on any atom is -0.406 e. The Kier molecular flexibility index (Phi) is 5.53. The van der Waals surface area contributed by atoms with Gasteiger partial charge in [0.25, 0.3) is 5.91 Å². The first-order valence-corrected chi connectivity index (χ1v) is 9.73. The molecule has 0 aliphatic carbocycles. The van der Waals surface area contributed by atoms with Crippen LogP contribution in [0.1, 0.15) is 28.8 Å². The number of nitrogens with one attached hydrogen (secondary N) is 2. The number of aromatic nitrogens is 3. The zero-order valence-corrected chi connectivity index (χ0v) is 16.7. The number of carbonyl (C=O) groups excluding carboxylic acids is 1. The largest absolute Gasteiger partial charge is 0.573 e. The molecule has 1 fully saturated rings. The average molecular weight is 431 g/mol. The molecule has 10 heteroatoms. The molecular formula is C21H20F3N5O2. The standard InChI is InChI=1S/C21H20F3N5O2/c1-13-10-15(31-21(22,23)24)4-5-17(13)27-20(30)14-11-16(18-6-7-26-28-18)19(25-12-14)29-8-2-3-9-29/h4-7,10-12H,2-3,8-9H2,1H3,(H,26,28)(H,27,30). The number of ether oxygens (including phenoxy) is 1. The third-order valence-electron chi connectivity index (χ3n) is 5.01. The maximum absolute atomic E-state index is 12.8. The Bertz CT molecular complexity index is 1080. The van der Waals surface area contributed by atoms with E-state index in [0.29, 0.717) is 16.8 Å². The summed E-state index contributed by atoms with van der Waals surface area (Å²) in [6, 6.07) is 7.28. The van der Waals surface area contributed by atoms with Gasteiger partial charge in [0.05, 0.1) is 11.3 Å². The smallest absolute Gasteiger partial charge is 0.406 e. The van der Waals surface area contributed by atoms with Crippen LogP contribution >= 0.6 is 0 Å². The van der Waals surface area contributed by atoms with Crippen molar-refractivity contribution in [1.82, 2.24) is 15.2 Å².